The molecule has 1 aliphatic heterocycles. The van der Waals surface area contributed by atoms with Crippen LogP contribution in [0.3, 0.4) is 0 Å². The molecule has 0 N–H and O–H groups in total. The second-order valence-electron chi connectivity index (χ2n) is 7.28. The number of likely N-dealkylation sites (tertiary alicyclic amines) is 1. The Bertz CT molecular complexity index is 963. The van der Waals surface area contributed by atoms with E-state index in [4.69, 9.17) is 16.1 Å². The van der Waals surface area contributed by atoms with Gasteiger partial charge in [-0.05, 0) is 43.9 Å². The summed E-state index contributed by atoms with van der Waals surface area (Å²) in [5, 5.41) is 4.83. The summed E-state index contributed by atoms with van der Waals surface area (Å²) in [5.41, 5.74) is 2.53. The average molecular weight is 412 g/mol. The van der Waals surface area contributed by atoms with E-state index in [9.17, 15) is 4.79 Å². The van der Waals surface area contributed by atoms with Crippen LogP contribution >= 0.6 is 11.6 Å². The summed E-state index contributed by atoms with van der Waals surface area (Å²) in [6.45, 7) is 3.29. The summed E-state index contributed by atoms with van der Waals surface area (Å²) in [4.78, 5) is 27.4. The quantitative estimate of drug-likeness (QED) is 0.634. The number of amides is 1. The lowest BCUT2D eigenvalue weighted by Gasteiger charge is -2.30. The molecule has 4 rings (SSSR count). The molecule has 0 saturated carbocycles. The van der Waals surface area contributed by atoms with E-state index in [1.54, 1.807) is 12.4 Å². The topological polar surface area (TPSA) is 85.0 Å². The molecule has 1 aliphatic rings. The fourth-order valence-electron chi connectivity index (χ4n) is 3.46. The van der Waals surface area contributed by atoms with Crippen molar-refractivity contribution in [1.29, 1.82) is 0 Å². The molecule has 29 heavy (non-hydrogen) atoms. The first kappa shape index (κ1) is 19.5. The number of hydrogen-bond donors (Lipinski definition) is 0. The smallest absolute Gasteiger partial charge is 0.278 e. The molecule has 0 bridgehead atoms. The van der Waals surface area contributed by atoms with Crippen molar-refractivity contribution in [2.24, 2.45) is 0 Å². The number of piperidine rings is 1. The highest BCUT2D eigenvalue weighted by Gasteiger charge is 2.27. The molecule has 0 atom stereocenters. The third kappa shape index (κ3) is 4.79. The van der Waals surface area contributed by atoms with E-state index >= 15 is 0 Å². The zero-order chi connectivity index (χ0) is 20.2. The van der Waals surface area contributed by atoms with Crippen LogP contribution in [0.2, 0.25) is 5.02 Å². The summed E-state index contributed by atoms with van der Waals surface area (Å²) in [6.07, 6.45) is 6.19. The molecular weight excluding hydrogens is 390 g/mol. The predicted molar refractivity (Wildman–Crippen MR) is 108 cm³/mol. The highest BCUT2D eigenvalue weighted by molar-refractivity contribution is 6.30. The van der Waals surface area contributed by atoms with E-state index in [2.05, 4.69) is 20.1 Å². The summed E-state index contributed by atoms with van der Waals surface area (Å²) < 4.78 is 5.36. The number of halogens is 1. The van der Waals surface area contributed by atoms with Crippen LogP contribution in [0.25, 0.3) is 11.6 Å². The monoisotopic (exact) mass is 411 g/mol. The molecule has 3 aromatic rings. The molecule has 150 valence electrons. The number of hydrogen-bond acceptors (Lipinski definition) is 6. The van der Waals surface area contributed by atoms with Gasteiger partial charge in [0.25, 0.3) is 5.89 Å². The van der Waals surface area contributed by atoms with Gasteiger partial charge >= 0.3 is 0 Å². The number of carbonyl (C=O) groups is 1. The molecule has 1 amide bonds. The molecule has 0 aliphatic carbocycles. The van der Waals surface area contributed by atoms with Gasteiger partial charge in [-0.2, -0.15) is 4.98 Å². The molecule has 7 nitrogen and oxygen atoms in total. The van der Waals surface area contributed by atoms with E-state index < -0.39 is 0 Å². The molecule has 3 heterocycles. The Kier molecular flexibility index (Phi) is 5.85. The lowest BCUT2D eigenvalue weighted by atomic mass is 9.95. The molecule has 1 saturated heterocycles. The number of aryl methyl sites for hydroxylation is 2. The summed E-state index contributed by atoms with van der Waals surface area (Å²) >= 11 is 5.90. The second-order valence-corrected chi connectivity index (χ2v) is 7.72. The van der Waals surface area contributed by atoms with E-state index in [1.165, 1.54) is 0 Å². The van der Waals surface area contributed by atoms with Crippen molar-refractivity contribution < 1.29 is 9.32 Å². The standard InChI is InChI=1S/C21H22ClN5O2/c1-14-12-24-18(13-23-14)21-25-20(26-29-21)16-8-10-27(11-9-16)19(28)7-4-15-2-5-17(22)6-3-15/h2-3,5-6,12-13,16H,4,7-11H2,1H3. The Morgan fingerprint density at radius 1 is 1.17 bits per heavy atom. The number of nitrogens with zero attached hydrogens (tertiary/aromatic N) is 5. The molecule has 1 fully saturated rings. The molecule has 2 aromatic heterocycles. The van der Waals surface area contributed by atoms with Crippen molar-refractivity contribution in [1.82, 2.24) is 25.0 Å². The first-order chi connectivity index (χ1) is 14.1. The molecule has 0 spiro atoms. The van der Waals surface area contributed by atoms with Crippen LogP contribution in [0.1, 0.15) is 42.3 Å². The highest BCUT2D eigenvalue weighted by Crippen LogP contribution is 2.28. The first-order valence-electron chi connectivity index (χ1n) is 9.73. The SMILES string of the molecule is Cc1cnc(-c2nc(C3CCN(C(=O)CCc4ccc(Cl)cc4)CC3)no2)cn1. The van der Waals surface area contributed by atoms with Crippen molar-refractivity contribution in [3.63, 3.8) is 0 Å². The Morgan fingerprint density at radius 2 is 1.93 bits per heavy atom. The lowest BCUT2D eigenvalue weighted by Crippen LogP contribution is -2.38. The number of rotatable bonds is 5. The van der Waals surface area contributed by atoms with Crippen LogP contribution in [0.4, 0.5) is 0 Å². The van der Waals surface area contributed by atoms with Crippen LogP contribution in [0.5, 0.6) is 0 Å². The summed E-state index contributed by atoms with van der Waals surface area (Å²) in [7, 11) is 0. The Labute approximate surface area is 174 Å². The van der Waals surface area contributed by atoms with Crippen molar-refractivity contribution >= 4 is 17.5 Å². The van der Waals surface area contributed by atoms with Gasteiger partial charge in [0.2, 0.25) is 5.91 Å². The fourth-order valence-corrected chi connectivity index (χ4v) is 3.58. The molecule has 0 radical (unpaired) electrons. The van der Waals surface area contributed by atoms with Crippen LogP contribution in [-0.4, -0.2) is 44.0 Å². The summed E-state index contributed by atoms with van der Waals surface area (Å²) in [6, 6.07) is 7.64. The van der Waals surface area contributed by atoms with Crippen molar-refractivity contribution in [2.45, 2.75) is 38.5 Å². The van der Waals surface area contributed by atoms with Gasteiger partial charge in [0, 0.05) is 36.6 Å². The van der Waals surface area contributed by atoms with E-state index in [1.807, 2.05) is 36.1 Å². The van der Waals surface area contributed by atoms with Crippen LogP contribution in [0.15, 0.2) is 41.2 Å². The minimum atomic E-state index is 0.183. The molecule has 0 unspecified atom stereocenters. The Morgan fingerprint density at radius 3 is 2.62 bits per heavy atom. The fraction of sp³-hybridized carbons (Fsp3) is 0.381. The third-order valence-electron chi connectivity index (χ3n) is 5.20. The van der Waals surface area contributed by atoms with Crippen molar-refractivity contribution in [3.8, 4) is 11.6 Å². The third-order valence-corrected chi connectivity index (χ3v) is 5.45. The van der Waals surface area contributed by atoms with Gasteiger partial charge in [-0.15, -0.1) is 0 Å². The van der Waals surface area contributed by atoms with Crippen LogP contribution in [0, 0.1) is 6.92 Å². The largest absolute Gasteiger partial charge is 0.343 e. The lowest BCUT2D eigenvalue weighted by molar-refractivity contribution is -0.132. The number of carbonyl (C=O) groups excluding carboxylic acids is 1. The van der Waals surface area contributed by atoms with E-state index in [0.717, 1.165) is 30.5 Å². The minimum Gasteiger partial charge on any atom is -0.343 e. The average Bonchev–Trinajstić information content (AvgIpc) is 3.24. The maximum Gasteiger partial charge on any atom is 0.278 e. The maximum atomic E-state index is 12.5. The van der Waals surface area contributed by atoms with Gasteiger partial charge in [-0.3, -0.25) is 9.78 Å². The summed E-state index contributed by atoms with van der Waals surface area (Å²) in [5.74, 6) is 1.43. The molecule has 1 aromatic carbocycles. The highest BCUT2D eigenvalue weighted by atomic mass is 35.5. The van der Waals surface area contributed by atoms with Gasteiger partial charge in [0.05, 0.1) is 11.9 Å². The normalized spacial score (nSPS) is 14.9. The Hall–Kier alpha value is -2.80. The van der Waals surface area contributed by atoms with Gasteiger partial charge < -0.3 is 9.42 Å². The number of aromatic nitrogens is 4. The van der Waals surface area contributed by atoms with Crippen LogP contribution < -0.4 is 0 Å². The first-order valence-corrected chi connectivity index (χ1v) is 10.1. The van der Waals surface area contributed by atoms with E-state index in [0.29, 0.717) is 41.9 Å². The van der Waals surface area contributed by atoms with Crippen molar-refractivity contribution in [3.05, 3.63) is 58.8 Å². The van der Waals surface area contributed by atoms with Gasteiger partial charge in [-0.1, -0.05) is 28.9 Å². The second kappa shape index (κ2) is 8.69. The van der Waals surface area contributed by atoms with Crippen molar-refractivity contribution in [2.75, 3.05) is 13.1 Å². The zero-order valence-electron chi connectivity index (χ0n) is 16.2. The minimum absolute atomic E-state index is 0.183. The molecular formula is C21H22ClN5O2. The van der Waals surface area contributed by atoms with Gasteiger partial charge in [0.1, 0.15) is 5.69 Å². The predicted octanol–water partition coefficient (Wildman–Crippen LogP) is 3.83. The Balaban J connectivity index is 1.29. The van der Waals surface area contributed by atoms with Crippen LogP contribution in [-0.2, 0) is 11.2 Å². The maximum absolute atomic E-state index is 12.5. The zero-order valence-corrected chi connectivity index (χ0v) is 17.0. The van der Waals surface area contributed by atoms with Gasteiger partial charge in [-0.25, -0.2) is 4.98 Å². The van der Waals surface area contributed by atoms with Gasteiger partial charge in [0.15, 0.2) is 5.82 Å². The number of benzene rings is 1. The van der Waals surface area contributed by atoms with E-state index in [-0.39, 0.29) is 11.8 Å². The molecule has 8 heteroatoms.